The summed E-state index contributed by atoms with van der Waals surface area (Å²) in [7, 11) is -1.10. The highest BCUT2D eigenvalue weighted by Crippen LogP contribution is 2.21. The van der Waals surface area contributed by atoms with Crippen LogP contribution in [0.4, 0.5) is 5.69 Å². The molecule has 0 aromatic heterocycles. The Hall–Kier alpha value is -2.91. The number of benzene rings is 2. The number of rotatable bonds is 12. The van der Waals surface area contributed by atoms with Gasteiger partial charge in [-0.1, -0.05) is 56.3 Å². The number of aryl methyl sites for hydroxylation is 1. The quantitative estimate of drug-likeness (QED) is 0.497. The fourth-order valence-electron chi connectivity index (χ4n) is 3.57. The summed E-state index contributed by atoms with van der Waals surface area (Å²) < 4.78 is 28.4. The van der Waals surface area contributed by atoms with Crippen LogP contribution in [0, 0.1) is 6.92 Å². The molecule has 0 aliphatic rings. The van der Waals surface area contributed by atoms with Gasteiger partial charge in [0.2, 0.25) is 11.8 Å². The summed E-state index contributed by atoms with van der Waals surface area (Å²) in [6, 6.07) is 15.4. The summed E-state index contributed by atoms with van der Waals surface area (Å²) in [6.07, 6.45) is 1.18. The van der Waals surface area contributed by atoms with Gasteiger partial charge in [0.25, 0.3) is 0 Å². The molecular weight excluding hydrogens is 452 g/mol. The van der Waals surface area contributed by atoms with Crippen LogP contribution in [-0.4, -0.2) is 62.7 Å². The minimum absolute atomic E-state index is 0.203. The molecule has 2 aromatic rings. The molecule has 8 nitrogen and oxygen atoms in total. The second kappa shape index (κ2) is 12.5. The summed E-state index contributed by atoms with van der Waals surface area (Å²) in [5.41, 5.74) is 2.27. The zero-order valence-corrected chi connectivity index (χ0v) is 21.5. The molecule has 0 bridgehead atoms. The lowest BCUT2D eigenvalue weighted by Crippen LogP contribution is -2.53. The molecule has 2 amide bonds. The molecule has 0 aliphatic heterocycles. The van der Waals surface area contributed by atoms with E-state index in [1.165, 1.54) is 19.0 Å². The second-order valence-electron chi connectivity index (χ2n) is 8.30. The predicted octanol–water partition coefficient (Wildman–Crippen LogP) is 2.94. The van der Waals surface area contributed by atoms with Gasteiger partial charge >= 0.3 is 10.2 Å². The van der Waals surface area contributed by atoms with Crippen molar-refractivity contribution >= 4 is 27.7 Å². The number of anilines is 1. The van der Waals surface area contributed by atoms with Crippen molar-refractivity contribution < 1.29 is 18.0 Å². The summed E-state index contributed by atoms with van der Waals surface area (Å²) in [6.45, 7) is 6.04. The van der Waals surface area contributed by atoms with Gasteiger partial charge in [-0.2, -0.15) is 12.7 Å². The number of hydrogen-bond donors (Lipinski definition) is 1. The highest BCUT2D eigenvalue weighted by Gasteiger charge is 2.33. The van der Waals surface area contributed by atoms with Crippen LogP contribution in [-0.2, 0) is 26.3 Å². The molecule has 0 unspecified atom stereocenters. The Morgan fingerprint density at radius 3 is 2.15 bits per heavy atom. The number of carbonyl (C=O) groups is 2. The Kier molecular flexibility index (Phi) is 10.1. The summed E-state index contributed by atoms with van der Waals surface area (Å²) in [5, 5.41) is 2.88. The number of carbonyl (C=O) groups excluding carboxylic acids is 2. The number of nitrogens with one attached hydrogen (secondary N) is 1. The second-order valence-corrected chi connectivity index (χ2v) is 10.4. The Balaban J connectivity index is 2.47. The van der Waals surface area contributed by atoms with Crippen molar-refractivity contribution in [3.05, 3.63) is 65.7 Å². The van der Waals surface area contributed by atoms with Gasteiger partial charge in [-0.25, -0.2) is 4.31 Å². The molecule has 1 N–H and O–H groups in total. The van der Waals surface area contributed by atoms with Gasteiger partial charge in [0.15, 0.2) is 0 Å². The SMILES string of the molecule is CCCNC(=O)[C@@H](CC)N(Cc1ccccc1C)C(=O)CN(c1ccccc1)S(=O)(=O)N(C)C. The van der Waals surface area contributed by atoms with E-state index in [1.54, 1.807) is 30.3 Å². The smallest absolute Gasteiger partial charge is 0.304 e. The third kappa shape index (κ3) is 6.80. The predicted molar refractivity (Wildman–Crippen MR) is 136 cm³/mol. The molecule has 2 aromatic carbocycles. The first-order valence-corrected chi connectivity index (χ1v) is 12.9. The van der Waals surface area contributed by atoms with Gasteiger partial charge in [-0.3, -0.25) is 9.59 Å². The van der Waals surface area contributed by atoms with Crippen LogP contribution in [0.2, 0.25) is 0 Å². The first-order valence-electron chi connectivity index (χ1n) is 11.5. The van der Waals surface area contributed by atoms with Crippen LogP contribution >= 0.6 is 0 Å². The maximum absolute atomic E-state index is 13.7. The van der Waals surface area contributed by atoms with Gasteiger partial charge in [0, 0.05) is 27.2 Å². The van der Waals surface area contributed by atoms with Crippen molar-refractivity contribution in [2.75, 3.05) is 31.5 Å². The van der Waals surface area contributed by atoms with E-state index in [0.717, 1.165) is 26.2 Å². The molecule has 9 heteroatoms. The third-order valence-electron chi connectivity index (χ3n) is 5.60. The van der Waals surface area contributed by atoms with Gasteiger partial charge in [0.05, 0.1) is 5.69 Å². The van der Waals surface area contributed by atoms with Crippen LogP contribution in [0.25, 0.3) is 0 Å². The van der Waals surface area contributed by atoms with Crippen molar-refractivity contribution in [1.29, 1.82) is 0 Å². The molecule has 0 saturated carbocycles. The van der Waals surface area contributed by atoms with Crippen molar-refractivity contribution in [1.82, 2.24) is 14.5 Å². The van der Waals surface area contributed by atoms with Crippen molar-refractivity contribution in [2.45, 2.75) is 46.2 Å². The Morgan fingerprint density at radius 1 is 0.971 bits per heavy atom. The van der Waals surface area contributed by atoms with Gasteiger partial charge in [-0.15, -0.1) is 0 Å². The number of para-hydroxylation sites is 1. The standard InChI is InChI=1S/C25H36N4O4S/c1-6-17-26-25(31)23(7-2)28(18-21-14-12-11-13-20(21)3)24(30)19-29(34(32,33)27(4)5)22-15-9-8-10-16-22/h8-16,23H,6-7,17-19H2,1-5H3,(H,26,31)/t23-/m1/s1. The molecule has 34 heavy (non-hydrogen) atoms. The third-order valence-corrected chi connectivity index (χ3v) is 7.42. The minimum atomic E-state index is -3.95. The van der Waals surface area contributed by atoms with Crippen molar-refractivity contribution in [3.63, 3.8) is 0 Å². The molecular formula is C25H36N4O4S. The van der Waals surface area contributed by atoms with E-state index in [1.807, 2.05) is 45.0 Å². The first kappa shape index (κ1) is 27.3. The maximum Gasteiger partial charge on any atom is 0.304 e. The highest BCUT2D eigenvalue weighted by molar-refractivity contribution is 7.90. The van der Waals surface area contributed by atoms with Gasteiger partial charge in [0.1, 0.15) is 12.6 Å². The minimum Gasteiger partial charge on any atom is -0.354 e. The molecule has 2 rings (SSSR count). The number of hydrogen-bond acceptors (Lipinski definition) is 4. The van der Waals surface area contributed by atoms with Crippen LogP contribution in [0.1, 0.15) is 37.8 Å². The average Bonchev–Trinajstić information content (AvgIpc) is 2.82. The van der Waals surface area contributed by atoms with Crippen molar-refractivity contribution in [2.24, 2.45) is 0 Å². The average molecular weight is 489 g/mol. The van der Waals surface area contributed by atoms with E-state index in [-0.39, 0.29) is 12.5 Å². The summed E-state index contributed by atoms with van der Waals surface area (Å²) >= 11 is 0. The Morgan fingerprint density at radius 2 is 1.59 bits per heavy atom. The Bertz CT molecular complexity index is 1060. The van der Waals surface area contributed by atoms with Crippen LogP contribution < -0.4 is 9.62 Å². The van der Waals surface area contributed by atoms with E-state index in [0.29, 0.717) is 18.7 Å². The fraction of sp³-hybridized carbons (Fsp3) is 0.440. The summed E-state index contributed by atoms with van der Waals surface area (Å²) in [5.74, 6) is -0.691. The first-order chi connectivity index (χ1) is 16.1. The molecule has 186 valence electrons. The molecule has 0 spiro atoms. The Labute approximate surface area is 203 Å². The van der Waals surface area contributed by atoms with E-state index < -0.39 is 28.7 Å². The van der Waals surface area contributed by atoms with E-state index in [4.69, 9.17) is 0 Å². The van der Waals surface area contributed by atoms with E-state index >= 15 is 0 Å². The summed E-state index contributed by atoms with van der Waals surface area (Å²) in [4.78, 5) is 28.2. The molecule has 1 atom stereocenters. The molecule has 0 saturated heterocycles. The van der Waals surface area contributed by atoms with Crippen LogP contribution in [0.5, 0.6) is 0 Å². The van der Waals surface area contributed by atoms with Crippen LogP contribution in [0.15, 0.2) is 54.6 Å². The zero-order valence-electron chi connectivity index (χ0n) is 20.7. The maximum atomic E-state index is 13.7. The largest absolute Gasteiger partial charge is 0.354 e. The molecule has 0 radical (unpaired) electrons. The van der Waals surface area contributed by atoms with Gasteiger partial charge in [-0.05, 0) is 43.0 Å². The topological polar surface area (TPSA) is 90.0 Å². The molecule has 0 heterocycles. The lowest BCUT2D eigenvalue weighted by atomic mass is 10.1. The van der Waals surface area contributed by atoms with Crippen LogP contribution in [0.3, 0.4) is 0 Å². The highest BCUT2D eigenvalue weighted by atomic mass is 32.2. The monoisotopic (exact) mass is 488 g/mol. The lowest BCUT2D eigenvalue weighted by molar-refractivity contribution is -0.140. The van der Waals surface area contributed by atoms with Crippen molar-refractivity contribution in [3.8, 4) is 0 Å². The fourth-order valence-corrected chi connectivity index (χ4v) is 4.62. The molecule has 0 aliphatic carbocycles. The normalized spacial score (nSPS) is 12.3. The molecule has 0 fully saturated rings. The van der Waals surface area contributed by atoms with Gasteiger partial charge < -0.3 is 10.2 Å². The lowest BCUT2D eigenvalue weighted by Gasteiger charge is -2.34. The van der Waals surface area contributed by atoms with E-state index in [9.17, 15) is 18.0 Å². The zero-order chi connectivity index (χ0) is 25.3. The van der Waals surface area contributed by atoms with E-state index in [2.05, 4.69) is 5.32 Å². The number of nitrogens with zero attached hydrogens (tertiary/aromatic N) is 3. The number of amides is 2.